The summed E-state index contributed by atoms with van der Waals surface area (Å²) in [7, 11) is 1.88. The van der Waals surface area contributed by atoms with Crippen molar-refractivity contribution in [3.63, 3.8) is 0 Å². The highest BCUT2D eigenvalue weighted by Gasteiger charge is 2.09. The van der Waals surface area contributed by atoms with Crippen molar-refractivity contribution < 1.29 is 4.39 Å². The second-order valence-corrected chi connectivity index (χ2v) is 6.02. The van der Waals surface area contributed by atoms with Gasteiger partial charge in [-0.1, -0.05) is 26.0 Å². The van der Waals surface area contributed by atoms with Crippen molar-refractivity contribution in [2.75, 3.05) is 11.9 Å². The Balaban J connectivity index is 1.98. The molecule has 1 heterocycles. The van der Waals surface area contributed by atoms with E-state index in [2.05, 4.69) is 24.1 Å². The third-order valence-corrected chi connectivity index (χ3v) is 3.82. The van der Waals surface area contributed by atoms with Gasteiger partial charge in [-0.15, -0.1) is 11.3 Å². The van der Waals surface area contributed by atoms with Gasteiger partial charge < -0.3 is 10.2 Å². The van der Waals surface area contributed by atoms with Gasteiger partial charge in [0.05, 0.1) is 17.9 Å². The Labute approximate surface area is 123 Å². The molecular formula is C15H20FN3S. The van der Waals surface area contributed by atoms with Crippen LogP contribution in [0.25, 0.3) is 0 Å². The Hall–Kier alpha value is -1.46. The van der Waals surface area contributed by atoms with Crippen LogP contribution in [0.2, 0.25) is 0 Å². The van der Waals surface area contributed by atoms with Crippen molar-refractivity contribution in [3.05, 3.63) is 46.2 Å². The van der Waals surface area contributed by atoms with Crippen LogP contribution in [0.15, 0.2) is 29.6 Å². The summed E-state index contributed by atoms with van der Waals surface area (Å²) in [5.41, 5.74) is 1.57. The molecule has 0 atom stereocenters. The van der Waals surface area contributed by atoms with Crippen LogP contribution in [0.5, 0.6) is 0 Å². The number of aromatic nitrogens is 1. The largest absolute Gasteiger partial charge is 0.366 e. The lowest BCUT2D eigenvalue weighted by Gasteiger charge is -2.18. The third-order valence-electron chi connectivity index (χ3n) is 2.92. The van der Waals surface area contributed by atoms with E-state index in [4.69, 9.17) is 0 Å². The van der Waals surface area contributed by atoms with Gasteiger partial charge in [-0.2, -0.15) is 0 Å². The van der Waals surface area contributed by atoms with Gasteiger partial charge >= 0.3 is 0 Å². The predicted octanol–water partition coefficient (Wildman–Crippen LogP) is 3.42. The molecule has 3 nitrogen and oxygen atoms in total. The molecule has 108 valence electrons. The second-order valence-electron chi connectivity index (χ2n) is 5.08. The van der Waals surface area contributed by atoms with Gasteiger partial charge in [0.2, 0.25) is 0 Å². The number of nitrogens with one attached hydrogen (secondary N) is 1. The lowest BCUT2D eigenvalue weighted by Crippen LogP contribution is -2.22. The molecule has 0 aliphatic carbocycles. The summed E-state index contributed by atoms with van der Waals surface area (Å²) < 4.78 is 13.7. The lowest BCUT2D eigenvalue weighted by atomic mass is 10.3. The van der Waals surface area contributed by atoms with Crippen LogP contribution in [0.3, 0.4) is 0 Å². The second kappa shape index (κ2) is 6.81. The zero-order valence-electron chi connectivity index (χ0n) is 12.1. The molecule has 1 N–H and O–H groups in total. The molecule has 1 aromatic heterocycles. The van der Waals surface area contributed by atoms with Crippen LogP contribution in [0, 0.1) is 5.82 Å². The Morgan fingerprint density at radius 1 is 1.35 bits per heavy atom. The van der Waals surface area contributed by atoms with Crippen LogP contribution >= 0.6 is 11.3 Å². The maximum absolute atomic E-state index is 13.7. The first kappa shape index (κ1) is 14.9. The number of para-hydroxylation sites is 1. The average molecular weight is 293 g/mol. The highest BCUT2D eigenvalue weighted by atomic mass is 32.1. The first-order chi connectivity index (χ1) is 9.56. The highest BCUT2D eigenvalue weighted by Crippen LogP contribution is 2.20. The van der Waals surface area contributed by atoms with Crippen LogP contribution in [0.4, 0.5) is 10.1 Å². The third kappa shape index (κ3) is 4.02. The smallest absolute Gasteiger partial charge is 0.146 e. The van der Waals surface area contributed by atoms with Crippen molar-refractivity contribution in [2.45, 2.75) is 33.0 Å². The minimum absolute atomic E-state index is 0.202. The van der Waals surface area contributed by atoms with E-state index in [9.17, 15) is 4.39 Å². The van der Waals surface area contributed by atoms with E-state index in [1.807, 2.05) is 23.4 Å². The first-order valence-corrected chi connectivity index (χ1v) is 7.56. The first-order valence-electron chi connectivity index (χ1n) is 6.68. The summed E-state index contributed by atoms with van der Waals surface area (Å²) in [5.74, 6) is -0.202. The summed E-state index contributed by atoms with van der Waals surface area (Å²) in [6.07, 6.45) is 0. The van der Waals surface area contributed by atoms with Crippen LogP contribution in [0.1, 0.15) is 24.5 Å². The number of thiazole rings is 1. The molecule has 20 heavy (non-hydrogen) atoms. The highest BCUT2D eigenvalue weighted by molar-refractivity contribution is 7.09. The Morgan fingerprint density at radius 2 is 2.10 bits per heavy atom. The zero-order chi connectivity index (χ0) is 14.5. The number of halogens is 1. The molecule has 0 bridgehead atoms. The van der Waals surface area contributed by atoms with E-state index in [1.54, 1.807) is 23.5 Å². The molecule has 0 fully saturated rings. The quantitative estimate of drug-likeness (QED) is 0.884. The van der Waals surface area contributed by atoms with Crippen molar-refractivity contribution in [1.82, 2.24) is 10.3 Å². The van der Waals surface area contributed by atoms with Crippen LogP contribution in [-0.4, -0.2) is 18.1 Å². The predicted molar refractivity (Wildman–Crippen MR) is 82.6 cm³/mol. The fourth-order valence-electron chi connectivity index (χ4n) is 1.88. The van der Waals surface area contributed by atoms with E-state index >= 15 is 0 Å². The van der Waals surface area contributed by atoms with Gasteiger partial charge in [0, 0.05) is 25.0 Å². The monoisotopic (exact) mass is 293 g/mol. The summed E-state index contributed by atoms with van der Waals surface area (Å²) in [6, 6.07) is 7.25. The topological polar surface area (TPSA) is 28.2 Å². The standard InChI is InChI=1S/C15H20FN3S/c1-11(2)17-8-15-18-12(10-20-15)9-19(3)14-7-5-4-6-13(14)16/h4-7,10-11,17H,8-9H2,1-3H3. The fraction of sp³-hybridized carbons (Fsp3) is 0.400. The van der Waals surface area contributed by atoms with E-state index < -0.39 is 0 Å². The van der Waals surface area contributed by atoms with Crippen molar-refractivity contribution in [3.8, 4) is 0 Å². The molecule has 0 radical (unpaired) electrons. The SMILES string of the molecule is CC(C)NCc1nc(CN(C)c2ccccc2F)cs1. The van der Waals surface area contributed by atoms with Gasteiger partial charge in [0.25, 0.3) is 0 Å². The summed E-state index contributed by atoms with van der Waals surface area (Å²) in [4.78, 5) is 6.45. The minimum atomic E-state index is -0.202. The lowest BCUT2D eigenvalue weighted by molar-refractivity contribution is 0.586. The summed E-state index contributed by atoms with van der Waals surface area (Å²) in [6.45, 7) is 5.62. The molecule has 1 aromatic carbocycles. The van der Waals surface area contributed by atoms with Gasteiger partial charge in [-0.3, -0.25) is 0 Å². The van der Waals surface area contributed by atoms with Crippen molar-refractivity contribution >= 4 is 17.0 Å². The molecule has 0 aliphatic heterocycles. The number of hydrogen-bond donors (Lipinski definition) is 1. The number of anilines is 1. The van der Waals surface area contributed by atoms with E-state index in [1.165, 1.54) is 6.07 Å². The van der Waals surface area contributed by atoms with Crippen LogP contribution in [-0.2, 0) is 13.1 Å². The molecule has 0 saturated carbocycles. The number of nitrogens with zero attached hydrogens (tertiary/aromatic N) is 2. The van der Waals surface area contributed by atoms with Crippen LogP contribution < -0.4 is 10.2 Å². The molecule has 0 spiro atoms. The molecular weight excluding hydrogens is 273 g/mol. The van der Waals surface area contributed by atoms with Gasteiger partial charge in [-0.25, -0.2) is 9.37 Å². The maximum atomic E-state index is 13.7. The van der Waals surface area contributed by atoms with Gasteiger partial charge in [0.15, 0.2) is 0 Å². The zero-order valence-corrected chi connectivity index (χ0v) is 12.9. The van der Waals surface area contributed by atoms with E-state index in [0.717, 1.165) is 17.2 Å². The minimum Gasteiger partial charge on any atom is -0.366 e. The van der Waals surface area contributed by atoms with E-state index in [-0.39, 0.29) is 5.82 Å². The van der Waals surface area contributed by atoms with Crippen molar-refractivity contribution in [2.24, 2.45) is 0 Å². The van der Waals surface area contributed by atoms with E-state index in [0.29, 0.717) is 18.3 Å². The average Bonchev–Trinajstić information content (AvgIpc) is 2.84. The Bertz CT molecular complexity index is 554. The van der Waals surface area contributed by atoms with Gasteiger partial charge in [-0.05, 0) is 12.1 Å². The molecule has 0 saturated heterocycles. The Morgan fingerprint density at radius 3 is 2.80 bits per heavy atom. The summed E-state index contributed by atoms with van der Waals surface area (Å²) >= 11 is 1.64. The Kier molecular flexibility index (Phi) is 5.09. The molecule has 0 amide bonds. The number of rotatable bonds is 6. The van der Waals surface area contributed by atoms with Crippen molar-refractivity contribution in [1.29, 1.82) is 0 Å². The maximum Gasteiger partial charge on any atom is 0.146 e. The normalized spacial score (nSPS) is 11.1. The van der Waals surface area contributed by atoms with Gasteiger partial charge in [0.1, 0.15) is 10.8 Å². The molecule has 0 aliphatic rings. The molecule has 2 rings (SSSR count). The molecule has 5 heteroatoms. The molecule has 0 unspecified atom stereocenters. The fourth-order valence-corrected chi connectivity index (χ4v) is 2.62. The number of hydrogen-bond acceptors (Lipinski definition) is 4. The summed E-state index contributed by atoms with van der Waals surface area (Å²) in [5, 5.41) is 6.45. The number of benzene rings is 1. The molecule has 2 aromatic rings.